The van der Waals surface area contributed by atoms with Crippen LogP contribution in [0, 0.1) is 0 Å². The van der Waals surface area contributed by atoms with Gasteiger partial charge in [-0.1, -0.05) is 29.3 Å². The minimum atomic E-state index is -3.79. The molecule has 0 bridgehead atoms. The van der Waals surface area contributed by atoms with Gasteiger partial charge in [0.25, 0.3) is 0 Å². The highest BCUT2D eigenvalue weighted by molar-refractivity contribution is 7.89. The van der Waals surface area contributed by atoms with Gasteiger partial charge in [0.2, 0.25) is 15.9 Å². The number of morpholine rings is 1. The number of hydrogen-bond donors (Lipinski definition) is 1. The maximum atomic E-state index is 13.0. The van der Waals surface area contributed by atoms with Gasteiger partial charge < -0.3 is 14.8 Å². The Bertz CT molecular complexity index is 1010. The molecule has 0 aliphatic carbocycles. The first kappa shape index (κ1) is 21.9. The number of sulfonamides is 1. The third kappa shape index (κ3) is 5.21. The normalized spacial score (nSPS) is 15.1. The molecule has 3 rings (SSSR count). The summed E-state index contributed by atoms with van der Waals surface area (Å²) in [7, 11) is -2.39. The SMILES string of the molecule is COc1ccc(NC(=O)Cc2ccc(Cl)cc2Cl)cc1S(=O)(=O)N1CCOCC1. The van der Waals surface area contributed by atoms with E-state index in [1.165, 1.54) is 23.5 Å². The summed E-state index contributed by atoms with van der Waals surface area (Å²) in [6.07, 6.45) is 0.0214. The van der Waals surface area contributed by atoms with E-state index >= 15 is 0 Å². The highest BCUT2D eigenvalue weighted by Crippen LogP contribution is 2.30. The van der Waals surface area contributed by atoms with E-state index in [4.69, 9.17) is 32.7 Å². The van der Waals surface area contributed by atoms with Gasteiger partial charge in [0.1, 0.15) is 10.6 Å². The van der Waals surface area contributed by atoms with Gasteiger partial charge in [0, 0.05) is 28.8 Å². The summed E-state index contributed by atoms with van der Waals surface area (Å²) in [6.45, 7) is 1.19. The number of carbonyl (C=O) groups excluding carboxylic acids is 1. The van der Waals surface area contributed by atoms with Crippen LogP contribution >= 0.6 is 23.2 Å². The maximum absolute atomic E-state index is 13.0. The number of anilines is 1. The topological polar surface area (TPSA) is 84.9 Å². The van der Waals surface area contributed by atoms with Crippen LogP contribution in [0.4, 0.5) is 5.69 Å². The number of amides is 1. The Kier molecular flexibility index (Phi) is 7.02. The lowest BCUT2D eigenvalue weighted by molar-refractivity contribution is -0.115. The Morgan fingerprint density at radius 2 is 1.90 bits per heavy atom. The molecular formula is C19H20Cl2N2O5S. The molecule has 1 aliphatic rings. The number of nitrogens with zero attached hydrogens (tertiary/aromatic N) is 1. The van der Waals surface area contributed by atoms with Gasteiger partial charge in [-0.05, 0) is 35.9 Å². The van der Waals surface area contributed by atoms with Crippen LogP contribution in [0.25, 0.3) is 0 Å². The number of carbonyl (C=O) groups is 1. The number of benzene rings is 2. The van der Waals surface area contributed by atoms with Crippen LogP contribution in [0.2, 0.25) is 10.0 Å². The van der Waals surface area contributed by atoms with Crippen molar-refractivity contribution in [2.75, 3.05) is 38.7 Å². The highest BCUT2D eigenvalue weighted by Gasteiger charge is 2.29. The summed E-state index contributed by atoms with van der Waals surface area (Å²) in [4.78, 5) is 12.4. The number of methoxy groups -OCH3 is 1. The molecule has 1 saturated heterocycles. The number of halogens is 2. The van der Waals surface area contributed by atoms with Crippen LogP contribution in [0.5, 0.6) is 5.75 Å². The van der Waals surface area contributed by atoms with E-state index in [0.29, 0.717) is 34.5 Å². The second-order valence-corrected chi connectivity index (χ2v) is 9.09. The number of ether oxygens (including phenoxy) is 2. The molecule has 0 radical (unpaired) electrons. The molecule has 1 amide bonds. The first-order valence-electron chi connectivity index (χ1n) is 8.81. The summed E-state index contributed by atoms with van der Waals surface area (Å²) in [5.74, 6) is -0.135. The molecule has 2 aromatic rings. The van der Waals surface area contributed by atoms with Crippen molar-refractivity contribution in [2.24, 2.45) is 0 Å². The quantitative estimate of drug-likeness (QED) is 0.717. The lowest BCUT2D eigenvalue weighted by Gasteiger charge is -2.26. The van der Waals surface area contributed by atoms with Gasteiger partial charge in [0.05, 0.1) is 26.7 Å². The zero-order chi connectivity index (χ0) is 21.0. The van der Waals surface area contributed by atoms with Gasteiger partial charge >= 0.3 is 0 Å². The van der Waals surface area contributed by atoms with Gasteiger partial charge in [-0.25, -0.2) is 8.42 Å². The predicted octanol–water partition coefficient (Wildman–Crippen LogP) is 3.20. The highest BCUT2D eigenvalue weighted by atomic mass is 35.5. The molecule has 7 nitrogen and oxygen atoms in total. The monoisotopic (exact) mass is 458 g/mol. The summed E-state index contributed by atoms with van der Waals surface area (Å²) < 4.78 is 37.8. The Hall–Kier alpha value is -1.84. The Labute approximate surface area is 179 Å². The van der Waals surface area contributed by atoms with Crippen molar-refractivity contribution in [3.05, 3.63) is 52.0 Å². The molecule has 2 aromatic carbocycles. The van der Waals surface area contributed by atoms with Crippen LogP contribution in [-0.2, 0) is 26.0 Å². The van der Waals surface area contributed by atoms with Crippen molar-refractivity contribution >= 4 is 44.8 Å². The summed E-state index contributed by atoms with van der Waals surface area (Å²) in [5.41, 5.74) is 0.955. The lowest BCUT2D eigenvalue weighted by Crippen LogP contribution is -2.40. The van der Waals surface area contributed by atoms with E-state index in [-0.39, 0.29) is 36.1 Å². The molecular weight excluding hydrogens is 439 g/mol. The standard InChI is InChI=1S/C19H20Cl2N2O5S/c1-27-17-5-4-15(12-18(17)29(25,26)23-6-8-28-9-7-23)22-19(24)10-13-2-3-14(20)11-16(13)21/h2-5,11-12H,6-10H2,1H3,(H,22,24). The summed E-state index contributed by atoms with van der Waals surface area (Å²) in [6, 6.07) is 9.37. The van der Waals surface area contributed by atoms with Crippen molar-refractivity contribution < 1.29 is 22.7 Å². The molecule has 0 spiro atoms. The fourth-order valence-corrected chi connectivity index (χ4v) is 4.99. The molecule has 10 heteroatoms. The van der Waals surface area contributed by atoms with Crippen LogP contribution < -0.4 is 10.1 Å². The average Bonchev–Trinajstić information content (AvgIpc) is 2.70. The second-order valence-electron chi connectivity index (χ2n) is 6.34. The molecule has 0 saturated carbocycles. The predicted molar refractivity (Wildman–Crippen MR) is 111 cm³/mol. The van der Waals surface area contributed by atoms with E-state index < -0.39 is 10.0 Å². The minimum absolute atomic E-state index is 0.00998. The average molecular weight is 459 g/mol. The molecule has 1 aliphatic heterocycles. The van der Waals surface area contributed by atoms with E-state index in [0.717, 1.165) is 0 Å². The molecule has 0 atom stereocenters. The Balaban J connectivity index is 1.81. The van der Waals surface area contributed by atoms with E-state index in [2.05, 4.69) is 5.32 Å². The van der Waals surface area contributed by atoms with Crippen LogP contribution in [0.3, 0.4) is 0 Å². The van der Waals surface area contributed by atoms with Crippen molar-refractivity contribution in [3.63, 3.8) is 0 Å². The number of nitrogens with one attached hydrogen (secondary N) is 1. The third-order valence-electron chi connectivity index (χ3n) is 4.40. The largest absolute Gasteiger partial charge is 0.495 e. The van der Waals surface area contributed by atoms with E-state index in [1.54, 1.807) is 24.3 Å². The van der Waals surface area contributed by atoms with Crippen molar-refractivity contribution in [1.29, 1.82) is 0 Å². The van der Waals surface area contributed by atoms with E-state index in [1.807, 2.05) is 0 Å². The minimum Gasteiger partial charge on any atom is -0.495 e. The molecule has 156 valence electrons. The van der Waals surface area contributed by atoms with Gasteiger partial charge in [-0.3, -0.25) is 4.79 Å². The molecule has 1 N–H and O–H groups in total. The van der Waals surface area contributed by atoms with Gasteiger partial charge in [-0.15, -0.1) is 0 Å². The third-order valence-corrected chi connectivity index (χ3v) is 6.91. The van der Waals surface area contributed by atoms with Crippen LogP contribution in [-0.4, -0.2) is 52.0 Å². The first-order valence-corrected chi connectivity index (χ1v) is 11.0. The van der Waals surface area contributed by atoms with Crippen LogP contribution in [0.1, 0.15) is 5.56 Å². The fourth-order valence-electron chi connectivity index (χ4n) is 2.93. The van der Waals surface area contributed by atoms with Gasteiger partial charge in [-0.2, -0.15) is 4.31 Å². The summed E-state index contributed by atoms with van der Waals surface area (Å²) in [5, 5.41) is 3.57. The first-order chi connectivity index (χ1) is 13.8. The number of rotatable bonds is 6. The lowest BCUT2D eigenvalue weighted by atomic mass is 10.1. The zero-order valence-corrected chi connectivity index (χ0v) is 18.0. The second kappa shape index (κ2) is 9.32. The Morgan fingerprint density at radius 1 is 1.17 bits per heavy atom. The smallest absolute Gasteiger partial charge is 0.246 e. The van der Waals surface area contributed by atoms with Crippen molar-refractivity contribution in [1.82, 2.24) is 4.31 Å². The molecule has 0 unspecified atom stereocenters. The van der Waals surface area contributed by atoms with Crippen molar-refractivity contribution in [3.8, 4) is 5.75 Å². The van der Waals surface area contributed by atoms with Crippen LogP contribution in [0.15, 0.2) is 41.3 Å². The molecule has 29 heavy (non-hydrogen) atoms. The zero-order valence-electron chi connectivity index (χ0n) is 15.7. The van der Waals surface area contributed by atoms with Crippen molar-refractivity contribution in [2.45, 2.75) is 11.3 Å². The molecule has 1 fully saturated rings. The Morgan fingerprint density at radius 3 is 2.55 bits per heavy atom. The summed E-state index contributed by atoms with van der Waals surface area (Å²) >= 11 is 12.0. The fraction of sp³-hybridized carbons (Fsp3) is 0.316. The van der Waals surface area contributed by atoms with E-state index in [9.17, 15) is 13.2 Å². The van der Waals surface area contributed by atoms with Gasteiger partial charge in [0.15, 0.2) is 0 Å². The molecule has 0 aromatic heterocycles. The molecule has 1 heterocycles. The maximum Gasteiger partial charge on any atom is 0.246 e. The number of hydrogen-bond acceptors (Lipinski definition) is 5.